The van der Waals surface area contributed by atoms with E-state index in [0.717, 1.165) is 22.9 Å². The SMILES string of the molecule is CCCN(Cc1nnc(-c2ccccc2Cl)o1)C(=O)c1cc2cc(C)ccc2nc1C. The fraction of sp³-hybridized carbons (Fsp3) is 0.250. The zero-order chi connectivity index (χ0) is 22.0. The molecule has 7 heteroatoms. The van der Waals surface area contributed by atoms with Crippen LogP contribution in [-0.4, -0.2) is 32.5 Å². The maximum atomic E-state index is 13.4. The molecule has 2 aromatic carbocycles. The van der Waals surface area contributed by atoms with E-state index < -0.39 is 0 Å². The number of carbonyl (C=O) groups is 1. The molecule has 0 atom stereocenters. The van der Waals surface area contributed by atoms with E-state index in [4.69, 9.17) is 16.0 Å². The van der Waals surface area contributed by atoms with Gasteiger partial charge in [-0.15, -0.1) is 10.2 Å². The summed E-state index contributed by atoms with van der Waals surface area (Å²) in [6.45, 7) is 6.69. The molecule has 0 saturated heterocycles. The molecule has 2 heterocycles. The van der Waals surface area contributed by atoms with Crippen LogP contribution in [0.1, 0.15) is 40.9 Å². The summed E-state index contributed by atoms with van der Waals surface area (Å²) in [6.07, 6.45) is 0.802. The van der Waals surface area contributed by atoms with Gasteiger partial charge < -0.3 is 9.32 Å². The molecule has 158 valence electrons. The second kappa shape index (κ2) is 8.86. The van der Waals surface area contributed by atoms with E-state index in [0.29, 0.717) is 40.2 Å². The van der Waals surface area contributed by atoms with Crippen molar-refractivity contribution >= 4 is 28.4 Å². The smallest absolute Gasteiger partial charge is 0.256 e. The standard InChI is InChI=1S/C24H23ClN4O2/c1-4-11-29(14-22-27-28-23(31-22)18-7-5-6-8-20(18)25)24(30)19-13-17-12-15(2)9-10-21(17)26-16(19)3/h5-10,12-13H,4,11,14H2,1-3H3. The summed E-state index contributed by atoms with van der Waals surface area (Å²) in [5.74, 6) is 0.593. The van der Waals surface area contributed by atoms with Gasteiger partial charge in [-0.1, -0.05) is 42.3 Å². The number of aryl methyl sites for hydroxylation is 2. The van der Waals surface area contributed by atoms with Crippen molar-refractivity contribution in [1.82, 2.24) is 20.1 Å². The second-order valence-electron chi connectivity index (χ2n) is 7.53. The summed E-state index contributed by atoms with van der Waals surface area (Å²) < 4.78 is 5.81. The topological polar surface area (TPSA) is 72.1 Å². The number of hydrogen-bond donors (Lipinski definition) is 0. The minimum absolute atomic E-state index is 0.104. The highest BCUT2D eigenvalue weighted by atomic mass is 35.5. The van der Waals surface area contributed by atoms with Crippen molar-refractivity contribution in [2.45, 2.75) is 33.7 Å². The molecule has 2 aromatic heterocycles. The summed E-state index contributed by atoms with van der Waals surface area (Å²) in [5.41, 5.74) is 3.95. The van der Waals surface area contributed by atoms with Crippen molar-refractivity contribution in [3.63, 3.8) is 0 Å². The lowest BCUT2D eigenvalue weighted by Gasteiger charge is -2.21. The van der Waals surface area contributed by atoms with Gasteiger partial charge in [-0.05, 0) is 50.6 Å². The molecule has 0 aliphatic carbocycles. The van der Waals surface area contributed by atoms with Crippen LogP contribution in [-0.2, 0) is 6.54 Å². The highest BCUT2D eigenvalue weighted by molar-refractivity contribution is 6.33. The first-order valence-electron chi connectivity index (χ1n) is 10.2. The van der Waals surface area contributed by atoms with Crippen LogP contribution in [0.2, 0.25) is 5.02 Å². The average molecular weight is 435 g/mol. The zero-order valence-electron chi connectivity index (χ0n) is 17.7. The molecule has 0 fully saturated rings. The van der Waals surface area contributed by atoms with Gasteiger partial charge in [-0.3, -0.25) is 9.78 Å². The third-order valence-electron chi connectivity index (χ3n) is 5.07. The average Bonchev–Trinajstić information content (AvgIpc) is 3.21. The molecule has 0 radical (unpaired) electrons. The molecule has 0 aliphatic rings. The second-order valence-corrected chi connectivity index (χ2v) is 7.93. The Kier molecular flexibility index (Phi) is 6.00. The lowest BCUT2D eigenvalue weighted by atomic mass is 10.1. The third-order valence-corrected chi connectivity index (χ3v) is 5.40. The third kappa shape index (κ3) is 4.44. The van der Waals surface area contributed by atoms with Crippen molar-refractivity contribution in [1.29, 1.82) is 0 Å². The van der Waals surface area contributed by atoms with Crippen LogP contribution in [0.5, 0.6) is 0 Å². The molecular formula is C24H23ClN4O2. The van der Waals surface area contributed by atoms with Gasteiger partial charge in [0.05, 0.1) is 33.9 Å². The Labute approximate surface area is 185 Å². The van der Waals surface area contributed by atoms with Gasteiger partial charge in [-0.25, -0.2) is 0 Å². The lowest BCUT2D eigenvalue weighted by Crippen LogP contribution is -2.32. The number of halogens is 1. The Morgan fingerprint density at radius 1 is 1.10 bits per heavy atom. The molecule has 6 nitrogen and oxygen atoms in total. The first-order valence-corrected chi connectivity index (χ1v) is 10.6. The number of aromatic nitrogens is 3. The minimum Gasteiger partial charge on any atom is -0.419 e. The summed E-state index contributed by atoms with van der Waals surface area (Å²) in [7, 11) is 0. The predicted molar refractivity (Wildman–Crippen MR) is 121 cm³/mol. The van der Waals surface area contributed by atoms with Crippen LogP contribution >= 0.6 is 11.6 Å². The van der Waals surface area contributed by atoms with Gasteiger partial charge >= 0.3 is 0 Å². The fourth-order valence-electron chi connectivity index (χ4n) is 3.53. The first kappa shape index (κ1) is 21.0. The summed E-state index contributed by atoms with van der Waals surface area (Å²) in [5, 5.41) is 9.72. The molecule has 4 rings (SSSR count). The van der Waals surface area contributed by atoms with Gasteiger partial charge in [-0.2, -0.15) is 0 Å². The molecule has 0 unspecified atom stereocenters. The number of carbonyl (C=O) groups excluding carboxylic acids is 1. The number of benzene rings is 2. The Morgan fingerprint density at radius 3 is 2.68 bits per heavy atom. The molecule has 0 aliphatic heterocycles. The Balaban J connectivity index is 1.62. The van der Waals surface area contributed by atoms with E-state index >= 15 is 0 Å². The monoisotopic (exact) mass is 434 g/mol. The minimum atomic E-state index is -0.104. The molecule has 0 bridgehead atoms. The highest BCUT2D eigenvalue weighted by Crippen LogP contribution is 2.27. The van der Waals surface area contributed by atoms with Gasteiger partial charge in [0, 0.05) is 11.9 Å². The van der Waals surface area contributed by atoms with Gasteiger partial charge in [0.15, 0.2) is 0 Å². The van der Waals surface area contributed by atoms with Crippen LogP contribution in [0, 0.1) is 13.8 Å². The Bertz CT molecular complexity index is 1250. The molecule has 4 aromatic rings. The van der Waals surface area contributed by atoms with Gasteiger partial charge in [0.25, 0.3) is 5.91 Å². The summed E-state index contributed by atoms with van der Waals surface area (Å²) in [6, 6.07) is 15.2. The maximum absolute atomic E-state index is 13.4. The van der Waals surface area contributed by atoms with Crippen molar-refractivity contribution in [3.8, 4) is 11.5 Å². The summed E-state index contributed by atoms with van der Waals surface area (Å²) in [4.78, 5) is 19.7. The van der Waals surface area contributed by atoms with E-state index in [1.807, 2.05) is 63.2 Å². The Morgan fingerprint density at radius 2 is 1.90 bits per heavy atom. The van der Waals surface area contributed by atoms with Crippen molar-refractivity contribution < 1.29 is 9.21 Å². The van der Waals surface area contributed by atoms with Crippen LogP contribution < -0.4 is 0 Å². The van der Waals surface area contributed by atoms with E-state index in [-0.39, 0.29) is 12.5 Å². The zero-order valence-corrected chi connectivity index (χ0v) is 18.5. The van der Waals surface area contributed by atoms with Crippen molar-refractivity contribution in [2.24, 2.45) is 0 Å². The molecule has 0 spiro atoms. The van der Waals surface area contributed by atoms with E-state index in [9.17, 15) is 4.79 Å². The van der Waals surface area contributed by atoms with E-state index in [1.165, 1.54) is 0 Å². The van der Waals surface area contributed by atoms with E-state index in [2.05, 4.69) is 15.2 Å². The number of rotatable bonds is 6. The quantitative estimate of drug-likeness (QED) is 0.394. The Hall–Kier alpha value is -3.25. The predicted octanol–water partition coefficient (Wildman–Crippen LogP) is 5.61. The number of pyridine rings is 1. The van der Waals surface area contributed by atoms with Gasteiger partial charge in [0.2, 0.25) is 11.8 Å². The highest BCUT2D eigenvalue weighted by Gasteiger charge is 2.22. The largest absolute Gasteiger partial charge is 0.419 e. The maximum Gasteiger partial charge on any atom is 0.256 e. The normalized spacial score (nSPS) is 11.1. The van der Waals surface area contributed by atoms with Crippen LogP contribution in [0.4, 0.5) is 0 Å². The number of fused-ring (bicyclic) bond motifs is 1. The van der Waals surface area contributed by atoms with Crippen LogP contribution in [0.3, 0.4) is 0 Å². The molecular weight excluding hydrogens is 412 g/mol. The first-order chi connectivity index (χ1) is 15.0. The van der Waals surface area contributed by atoms with E-state index in [1.54, 1.807) is 11.0 Å². The number of nitrogens with zero attached hydrogens (tertiary/aromatic N) is 4. The molecule has 0 saturated carbocycles. The van der Waals surface area contributed by atoms with Crippen molar-refractivity contribution in [3.05, 3.63) is 76.3 Å². The summed E-state index contributed by atoms with van der Waals surface area (Å²) >= 11 is 6.23. The fourth-order valence-corrected chi connectivity index (χ4v) is 3.74. The van der Waals surface area contributed by atoms with Crippen LogP contribution in [0.25, 0.3) is 22.4 Å². The number of amides is 1. The van der Waals surface area contributed by atoms with Gasteiger partial charge in [0.1, 0.15) is 0 Å². The van der Waals surface area contributed by atoms with Crippen LogP contribution in [0.15, 0.2) is 52.9 Å². The molecule has 1 amide bonds. The van der Waals surface area contributed by atoms with Crippen molar-refractivity contribution in [2.75, 3.05) is 6.54 Å². The number of hydrogen-bond acceptors (Lipinski definition) is 5. The molecule has 0 N–H and O–H groups in total. The lowest BCUT2D eigenvalue weighted by molar-refractivity contribution is 0.0727. The molecule has 31 heavy (non-hydrogen) atoms.